The van der Waals surface area contributed by atoms with Crippen molar-refractivity contribution in [2.24, 2.45) is 5.73 Å². The Hall–Kier alpha value is -2.64. The largest absolute Gasteiger partial charge is 0.322 e. The second-order valence-electron chi connectivity index (χ2n) is 4.47. The highest BCUT2D eigenvalue weighted by Gasteiger charge is 2.10. The van der Waals surface area contributed by atoms with E-state index in [9.17, 15) is 9.18 Å². The fraction of sp³-hybridized carbons (Fsp3) is 0.118. The van der Waals surface area contributed by atoms with Gasteiger partial charge in [-0.05, 0) is 42.8 Å². The number of hydrogen-bond donors (Lipinski definition) is 2. The molecule has 0 spiro atoms. The van der Waals surface area contributed by atoms with Crippen molar-refractivity contribution in [3.05, 3.63) is 65.0 Å². The molecule has 106 valence electrons. The molecule has 2 aromatic rings. The molecule has 4 heteroatoms. The summed E-state index contributed by atoms with van der Waals surface area (Å²) < 4.78 is 13.2. The molecule has 3 nitrogen and oxygen atoms in total. The van der Waals surface area contributed by atoms with Crippen molar-refractivity contribution >= 4 is 11.6 Å². The minimum Gasteiger partial charge on any atom is -0.322 e. The maximum absolute atomic E-state index is 13.2. The van der Waals surface area contributed by atoms with E-state index in [4.69, 9.17) is 5.73 Å². The van der Waals surface area contributed by atoms with Crippen LogP contribution in [0.5, 0.6) is 0 Å². The van der Waals surface area contributed by atoms with E-state index in [-0.39, 0.29) is 18.3 Å². The third-order valence-corrected chi connectivity index (χ3v) is 2.91. The third-order valence-electron chi connectivity index (χ3n) is 2.91. The lowest BCUT2D eigenvalue weighted by Crippen LogP contribution is -2.13. The highest BCUT2D eigenvalue weighted by atomic mass is 19.1. The first-order valence-corrected chi connectivity index (χ1v) is 6.47. The minimum atomic E-state index is -0.304. The summed E-state index contributed by atoms with van der Waals surface area (Å²) in [5.74, 6) is 5.00. The van der Waals surface area contributed by atoms with E-state index < -0.39 is 0 Å². The van der Waals surface area contributed by atoms with Gasteiger partial charge in [-0.3, -0.25) is 4.79 Å². The monoisotopic (exact) mass is 282 g/mol. The number of nitrogens with one attached hydrogen (secondary N) is 1. The predicted octanol–water partition coefficient (Wildman–Crippen LogP) is 2.70. The van der Waals surface area contributed by atoms with E-state index >= 15 is 0 Å². The van der Waals surface area contributed by atoms with Crippen molar-refractivity contribution < 1.29 is 9.18 Å². The van der Waals surface area contributed by atoms with Gasteiger partial charge >= 0.3 is 0 Å². The standard InChI is InChI=1S/C17H15FN2O/c1-12-11-14(8-9-16(12)18)20-17(21)15-7-3-2-5-13(15)6-4-10-19/h2-3,5,7-9,11H,10,19H2,1H3,(H,20,21). The Balaban J connectivity index is 2.26. The summed E-state index contributed by atoms with van der Waals surface area (Å²) in [5, 5.41) is 2.74. The number of hydrogen-bond acceptors (Lipinski definition) is 2. The van der Waals surface area contributed by atoms with Crippen LogP contribution < -0.4 is 11.1 Å². The van der Waals surface area contributed by atoms with Gasteiger partial charge in [0, 0.05) is 11.3 Å². The Kier molecular flexibility index (Phi) is 4.70. The molecule has 2 rings (SSSR count). The lowest BCUT2D eigenvalue weighted by atomic mass is 10.1. The third kappa shape index (κ3) is 3.68. The molecule has 2 aromatic carbocycles. The van der Waals surface area contributed by atoms with E-state index in [0.717, 1.165) is 0 Å². The summed E-state index contributed by atoms with van der Waals surface area (Å²) in [4.78, 5) is 12.3. The first kappa shape index (κ1) is 14.8. The Bertz CT molecular complexity index is 729. The van der Waals surface area contributed by atoms with Crippen LogP contribution in [-0.4, -0.2) is 12.5 Å². The summed E-state index contributed by atoms with van der Waals surface area (Å²) in [6, 6.07) is 11.4. The van der Waals surface area contributed by atoms with Gasteiger partial charge in [-0.2, -0.15) is 0 Å². The molecule has 0 atom stereocenters. The minimum absolute atomic E-state index is 0.229. The molecule has 21 heavy (non-hydrogen) atoms. The molecule has 0 bridgehead atoms. The van der Waals surface area contributed by atoms with Crippen molar-refractivity contribution in [2.45, 2.75) is 6.92 Å². The normalized spacial score (nSPS) is 9.67. The fourth-order valence-corrected chi connectivity index (χ4v) is 1.86. The van der Waals surface area contributed by atoms with Gasteiger partial charge in [0.15, 0.2) is 0 Å². The van der Waals surface area contributed by atoms with Gasteiger partial charge < -0.3 is 11.1 Å². The Morgan fingerprint density at radius 3 is 2.76 bits per heavy atom. The van der Waals surface area contributed by atoms with Gasteiger partial charge in [-0.15, -0.1) is 0 Å². The quantitative estimate of drug-likeness (QED) is 0.832. The zero-order valence-electron chi connectivity index (χ0n) is 11.6. The molecule has 0 radical (unpaired) electrons. The highest BCUT2D eigenvalue weighted by Crippen LogP contribution is 2.16. The van der Waals surface area contributed by atoms with Gasteiger partial charge in [0.25, 0.3) is 5.91 Å². The van der Waals surface area contributed by atoms with E-state index in [1.807, 2.05) is 0 Å². The van der Waals surface area contributed by atoms with Gasteiger partial charge in [0.2, 0.25) is 0 Å². The molecule has 3 N–H and O–H groups in total. The number of benzene rings is 2. The number of rotatable bonds is 2. The van der Waals surface area contributed by atoms with Crippen LogP contribution in [0.3, 0.4) is 0 Å². The van der Waals surface area contributed by atoms with Gasteiger partial charge in [-0.25, -0.2) is 4.39 Å². The lowest BCUT2D eigenvalue weighted by molar-refractivity contribution is 0.102. The second kappa shape index (κ2) is 6.69. The number of halogens is 1. The molecule has 0 fully saturated rings. The smallest absolute Gasteiger partial charge is 0.256 e. The average Bonchev–Trinajstić information content (AvgIpc) is 2.49. The molecule has 0 saturated heterocycles. The van der Waals surface area contributed by atoms with Gasteiger partial charge in [0.05, 0.1) is 12.1 Å². The Morgan fingerprint density at radius 2 is 2.05 bits per heavy atom. The summed E-state index contributed by atoms with van der Waals surface area (Å²) in [6.45, 7) is 1.87. The maximum Gasteiger partial charge on any atom is 0.256 e. The van der Waals surface area contributed by atoms with Crippen molar-refractivity contribution in [3.8, 4) is 11.8 Å². The topological polar surface area (TPSA) is 55.1 Å². The maximum atomic E-state index is 13.2. The van der Waals surface area contributed by atoms with Crippen LogP contribution in [0.1, 0.15) is 21.5 Å². The van der Waals surface area contributed by atoms with Crippen LogP contribution in [0.25, 0.3) is 0 Å². The first-order valence-electron chi connectivity index (χ1n) is 6.47. The number of amides is 1. The van der Waals surface area contributed by atoms with E-state index in [1.54, 1.807) is 37.3 Å². The van der Waals surface area contributed by atoms with Crippen molar-refractivity contribution in [2.75, 3.05) is 11.9 Å². The highest BCUT2D eigenvalue weighted by molar-refractivity contribution is 6.06. The molecule has 1 amide bonds. The van der Waals surface area contributed by atoms with Crippen LogP contribution in [0.15, 0.2) is 42.5 Å². The molecule has 0 saturated carbocycles. The summed E-state index contributed by atoms with van der Waals surface area (Å²) in [5.41, 5.74) is 7.43. The van der Waals surface area contributed by atoms with E-state index in [1.165, 1.54) is 12.1 Å². The van der Waals surface area contributed by atoms with Crippen LogP contribution >= 0.6 is 0 Å². The van der Waals surface area contributed by atoms with Crippen LogP contribution in [0.2, 0.25) is 0 Å². The molecule has 0 aliphatic heterocycles. The zero-order valence-corrected chi connectivity index (χ0v) is 11.6. The van der Waals surface area contributed by atoms with Crippen LogP contribution in [0.4, 0.5) is 10.1 Å². The van der Waals surface area contributed by atoms with Crippen molar-refractivity contribution in [1.29, 1.82) is 0 Å². The number of nitrogens with two attached hydrogens (primary N) is 1. The molecule has 0 unspecified atom stereocenters. The zero-order chi connectivity index (χ0) is 15.2. The van der Waals surface area contributed by atoms with Crippen LogP contribution in [-0.2, 0) is 0 Å². The molecule has 0 heterocycles. The van der Waals surface area contributed by atoms with Gasteiger partial charge in [0.1, 0.15) is 5.82 Å². The number of carbonyl (C=O) groups is 1. The SMILES string of the molecule is Cc1cc(NC(=O)c2ccccc2C#CCN)ccc1F. The van der Waals surface area contributed by atoms with E-state index in [2.05, 4.69) is 17.2 Å². The summed E-state index contributed by atoms with van der Waals surface area (Å²) in [7, 11) is 0. The molecular weight excluding hydrogens is 267 g/mol. The fourth-order valence-electron chi connectivity index (χ4n) is 1.86. The molecule has 0 aromatic heterocycles. The first-order chi connectivity index (χ1) is 10.1. The second-order valence-corrected chi connectivity index (χ2v) is 4.47. The van der Waals surface area contributed by atoms with E-state index in [0.29, 0.717) is 22.4 Å². The molecular formula is C17H15FN2O. The van der Waals surface area contributed by atoms with Crippen molar-refractivity contribution in [1.82, 2.24) is 0 Å². The van der Waals surface area contributed by atoms with Gasteiger partial charge in [-0.1, -0.05) is 24.0 Å². The average molecular weight is 282 g/mol. The van der Waals surface area contributed by atoms with Crippen LogP contribution in [0, 0.1) is 24.6 Å². The number of anilines is 1. The van der Waals surface area contributed by atoms with Crippen molar-refractivity contribution in [3.63, 3.8) is 0 Å². The Labute approximate surface area is 123 Å². The Morgan fingerprint density at radius 1 is 1.29 bits per heavy atom. The lowest BCUT2D eigenvalue weighted by Gasteiger charge is -2.08. The summed E-state index contributed by atoms with van der Waals surface area (Å²) in [6.07, 6.45) is 0. The number of aryl methyl sites for hydroxylation is 1. The molecule has 0 aliphatic rings. The number of carbonyl (C=O) groups excluding carboxylic acids is 1. The summed E-state index contributed by atoms with van der Waals surface area (Å²) >= 11 is 0. The molecule has 0 aliphatic carbocycles. The predicted molar refractivity (Wildman–Crippen MR) is 81.5 cm³/mol.